The molecule has 1 fully saturated rings. The van der Waals surface area contributed by atoms with E-state index in [9.17, 15) is 4.79 Å². The molecule has 1 heterocycles. The first-order valence-corrected chi connectivity index (χ1v) is 14.0. The Hall–Kier alpha value is -2.30. The van der Waals surface area contributed by atoms with Crippen molar-refractivity contribution in [1.82, 2.24) is 0 Å². The molecule has 3 aromatic carbocycles. The van der Waals surface area contributed by atoms with Crippen LogP contribution in [0, 0.1) is 5.92 Å². The van der Waals surface area contributed by atoms with Crippen LogP contribution in [-0.4, -0.2) is 41.6 Å². The van der Waals surface area contributed by atoms with Crippen molar-refractivity contribution in [3.63, 3.8) is 0 Å². The Bertz CT molecular complexity index is 1070. The van der Waals surface area contributed by atoms with E-state index in [1.807, 2.05) is 91.0 Å². The standard InChI is InChI=1S/C30H33IO6/c1-22(32)36-30-26(17-31)28(34-19-24-13-7-3-8-14-24)29(35-20-25-15-9-4-10-16-25)27(37-30)21-33-18-23-11-5-2-6-12-23/h2-16,26-30H,17-21H2,1H3/t26-,27+,28+,29+,30-/m0/s1. The van der Waals surface area contributed by atoms with Gasteiger partial charge in [0.2, 0.25) is 6.29 Å². The van der Waals surface area contributed by atoms with Gasteiger partial charge in [-0.3, -0.25) is 4.79 Å². The van der Waals surface area contributed by atoms with E-state index >= 15 is 0 Å². The number of carbonyl (C=O) groups excluding carboxylic acids is 1. The molecule has 0 aliphatic carbocycles. The Morgan fingerprint density at radius 1 is 0.757 bits per heavy atom. The molecule has 0 spiro atoms. The van der Waals surface area contributed by atoms with Crippen LogP contribution in [0.3, 0.4) is 0 Å². The lowest BCUT2D eigenvalue weighted by molar-refractivity contribution is -0.292. The van der Waals surface area contributed by atoms with Gasteiger partial charge in [-0.15, -0.1) is 0 Å². The average Bonchev–Trinajstić information content (AvgIpc) is 2.92. The summed E-state index contributed by atoms with van der Waals surface area (Å²) < 4.78 is 31.7. The number of hydrogen-bond acceptors (Lipinski definition) is 6. The minimum absolute atomic E-state index is 0.209. The number of benzene rings is 3. The third kappa shape index (κ3) is 8.35. The summed E-state index contributed by atoms with van der Waals surface area (Å²) in [5.74, 6) is -0.603. The number of carbonyl (C=O) groups is 1. The van der Waals surface area contributed by atoms with Gasteiger partial charge in [-0.25, -0.2) is 0 Å². The van der Waals surface area contributed by atoms with E-state index in [2.05, 4.69) is 22.6 Å². The van der Waals surface area contributed by atoms with Crippen molar-refractivity contribution in [2.24, 2.45) is 5.92 Å². The lowest BCUT2D eigenvalue weighted by atomic mass is 9.91. The topological polar surface area (TPSA) is 63.2 Å². The molecule has 196 valence electrons. The maximum atomic E-state index is 11.9. The van der Waals surface area contributed by atoms with E-state index in [4.69, 9.17) is 23.7 Å². The molecule has 7 heteroatoms. The molecule has 4 rings (SSSR count). The van der Waals surface area contributed by atoms with Crippen LogP contribution in [-0.2, 0) is 48.3 Å². The first-order valence-electron chi connectivity index (χ1n) is 12.5. The molecular weight excluding hydrogens is 583 g/mol. The second-order valence-corrected chi connectivity index (χ2v) is 9.87. The van der Waals surface area contributed by atoms with Crippen LogP contribution >= 0.6 is 22.6 Å². The summed E-state index contributed by atoms with van der Waals surface area (Å²) in [6, 6.07) is 30.0. The first kappa shape index (κ1) is 27.7. The summed E-state index contributed by atoms with van der Waals surface area (Å²) >= 11 is 2.29. The predicted molar refractivity (Wildman–Crippen MR) is 149 cm³/mol. The fourth-order valence-corrected chi connectivity index (χ4v) is 5.27. The van der Waals surface area contributed by atoms with E-state index in [1.165, 1.54) is 6.92 Å². The van der Waals surface area contributed by atoms with Crippen LogP contribution in [0.15, 0.2) is 91.0 Å². The molecule has 0 bridgehead atoms. The maximum Gasteiger partial charge on any atom is 0.304 e. The van der Waals surface area contributed by atoms with Crippen molar-refractivity contribution in [2.45, 2.75) is 51.3 Å². The number of esters is 1. The van der Waals surface area contributed by atoms with Crippen molar-refractivity contribution in [1.29, 1.82) is 0 Å². The predicted octanol–water partition coefficient (Wildman–Crippen LogP) is 5.71. The van der Waals surface area contributed by atoms with Crippen LogP contribution in [0.4, 0.5) is 0 Å². The molecule has 1 aliphatic rings. The Labute approximate surface area is 232 Å². The molecule has 6 nitrogen and oxygen atoms in total. The molecule has 1 saturated heterocycles. The Morgan fingerprint density at radius 2 is 1.24 bits per heavy atom. The van der Waals surface area contributed by atoms with E-state index in [1.54, 1.807) is 0 Å². The van der Waals surface area contributed by atoms with Gasteiger partial charge in [-0.2, -0.15) is 0 Å². The van der Waals surface area contributed by atoms with Gasteiger partial charge in [0.05, 0.1) is 38.4 Å². The quantitative estimate of drug-likeness (QED) is 0.148. The fourth-order valence-electron chi connectivity index (χ4n) is 4.36. The zero-order valence-electron chi connectivity index (χ0n) is 20.9. The first-order chi connectivity index (χ1) is 18.1. The van der Waals surface area contributed by atoms with Crippen molar-refractivity contribution in [3.8, 4) is 0 Å². The summed E-state index contributed by atoms with van der Waals surface area (Å²) in [4.78, 5) is 11.9. The highest BCUT2D eigenvalue weighted by Gasteiger charge is 2.48. The van der Waals surface area contributed by atoms with Gasteiger partial charge >= 0.3 is 5.97 Å². The number of halogens is 1. The Balaban J connectivity index is 1.55. The molecule has 0 aromatic heterocycles. The minimum Gasteiger partial charge on any atom is -0.435 e. The fraction of sp³-hybridized carbons (Fsp3) is 0.367. The number of ether oxygens (including phenoxy) is 5. The molecule has 0 saturated carbocycles. The van der Waals surface area contributed by atoms with Crippen molar-refractivity contribution in [2.75, 3.05) is 11.0 Å². The molecular formula is C30H33IO6. The van der Waals surface area contributed by atoms with Crippen LogP contribution < -0.4 is 0 Å². The summed E-state index contributed by atoms with van der Waals surface area (Å²) in [6.45, 7) is 2.92. The van der Waals surface area contributed by atoms with Crippen molar-refractivity contribution < 1.29 is 28.5 Å². The van der Waals surface area contributed by atoms with Crippen molar-refractivity contribution in [3.05, 3.63) is 108 Å². The highest BCUT2D eigenvalue weighted by atomic mass is 127. The summed E-state index contributed by atoms with van der Waals surface area (Å²) in [7, 11) is 0. The summed E-state index contributed by atoms with van der Waals surface area (Å²) in [6.07, 6.45) is -2.04. The molecule has 0 radical (unpaired) electrons. The maximum absolute atomic E-state index is 11.9. The van der Waals surface area contributed by atoms with E-state index < -0.39 is 24.5 Å². The molecule has 37 heavy (non-hydrogen) atoms. The Morgan fingerprint density at radius 3 is 1.73 bits per heavy atom. The lowest BCUT2D eigenvalue weighted by Gasteiger charge is -2.45. The molecule has 0 unspecified atom stereocenters. The lowest BCUT2D eigenvalue weighted by Crippen LogP contribution is -2.59. The molecule has 5 atom stereocenters. The zero-order valence-corrected chi connectivity index (χ0v) is 23.1. The molecule has 3 aromatic rings. The van der Waals surface area contributed by atoms with Crippen LogP contribution in [0.1, 0.15) is 23.6 Å². The summed E-state index contributed by atoms with van der Waals surface area (Å²) in [5, 5.41) is 0. The average molecular weight is 616 g/mol. The van der Waals surface area contributed by atoms with Gasteiger partial charge in [0.1, 0.15) is 12.2 Å². The van der Waals surface area contributed by atoms with Gasteiger partial charge in [0.15, 0.2) is 0 Å². The third-order valence-corrected chi connectivity index (χ3v) is 7.21. The molecule has 1 aliphatic heterocycles. The van der Waals surface area contributed by atoms with Gasteiger partial charge in [0.25, 0.3) is 0 Å². The van der Waals surface area contributed by atoms with Gasteiger partial charge in [0, 0.05) is 11.4 Å². The second-order valence-electron chi connectivity index (χ2n) is 8.99. The monoisotopic (exact) mass is 616 g/mol. The molecule has 0 N–H and O–H groups in total. The van der Waals surface area contributed by atoms with E-state index in [-0.39, 0.29) is 18.6 Å². The minimum atomic E-state index is -0.753. The third-order valence-electron chi connectivity index (χ3n) is 6.20. The van der Waals surface area contributed by atoms with Crippen LogP contribution in [0.25, 0.3) is 0 Å². The van der Waals surface area contributed by atoms with Gasteiger partial charge in [-0.05, 0) is 16.7 Å². The van der Waals surface area contributed by atoms with E-state index in [0.717, 1.165) is 16.7 Å². The number of rotatable bonds is 12. The second kappa shape index (κ2) is 14.6. The molecule has 0 amide bonds. The van der Waals surface area contributed by atoms with Crippen LogP contribution in [0.5, 0.6) is 0 Å². The smallest absolute Gasteiger partial charge is 0.304 e. The highest BCUT2D eigenvalue weighted by Crippen LogP contribution is 2.34. The van der Waals surface area contributed by atoms with Gasteiger partial charge in [-0.1, -0.05) is 114 Å². The van der Waals surface area contributed by atoms with Crippen LogP contribution in [0.2, 0.25) is 0 Å². The SMILES string of the molecule is CC(=O)O[C@H]1O[C@H](COCc2ccccc2)[C@@H](OCc2ccccc2)[C@H](OCc2ccccc2)[C@@H]1CI. The van der Waals surface area contributed by atoms with Gasteiger partial charge < -0.3 is 23.7 Å². The largest absolute Gasteiger partial charge is 0.435 e. The van der Waals surface area contributed by atoms with Crippen molar-refractivity contribution >= 4 is 28.6 Å². The summed E-state index contributed by atoms with van der Waals surface area (Å²) in [5.41, 5.74) is 3.18. The Kier molecular flexibility index (Phi) is 10.9. The van der Waals surface area contributed by atoms with E-state index in [0.29, 0.717) is 24.2 Å². The number of hydrogen-bond donors (Lipinski definition) is 0. The number of alkyl halides is 1. The zero-order chi connectivity index (χ0) is 25.9. The highest BCUT2D eigenvalue weighted by molar-refractivity contribution is 14.1. The normalized spacial score (nSPS) is 23.5.